The number of rotatable bonds is 8. The minimum absolute atomic E-state index is 0.889. The van der Waals surface area contributed by atoms with E-state index in [1.54, 1.807) is 0 Å². The molecule has 0 aliphatic heterocycles. The number of hydrogen-bond donors (Lipinski definition) is 0. The van der Waals surface area contributed by atoms with Crippen LogP contribution in [0.4, 0.5) is 0 Å². The highest BCUT2D eigenvalue weighted by Crippen LogP contribution is 2.44. The molecule has 0 spiro atoms. The van der Waals surface area contributed by atoms with Crippen LogP contribution in [-0.4, -0.2) is 0 Å². The second-order valence-electron chi connectivity index (χ2n) is 8.90. The summed E-state index contributed by atoms with van der Waals surface area (Å²) in [7, 11) is 0. The summed E-state index contributed by atoms with van der Waals surface area (Å²) in [6.45, 7) is 9.83. The van der Waals surface area contributed by atoms with E-state index in [-0.39, 0.29) is 0 Å². The second-order valence-corrected chi connectivity index (χ2v) is 8.90. The monoisotopic (exact) mass is 306 g/mol. The summed E-state index contributed by atoms with van der Waals surface area (Å²) in [6, 6.07) is 0. The van der Waals surface area contributed by atoms with Gasteiger partial charge in [-0.25, -0.2) is 0 Å². The summed E-state index contributed by atoms with van der Waals surface area (Å²) in [5.74, 6) is 6.10. The van der Waals surface area contributed by atoms with Crippen LogP contribution in [0.25, 0.3) is 0 Å². The molecule has 0 amide bonds. The van der Waals surface area contributed by atoms with Gasteiger partial charge in [-0.1, -0.05) is 98.3 Å². The largest absolute Gasteiger partial charge is 0.0651 e. The van der Waals surface area contributed by atoms with E-state index < -0.39 is 0 Å². The smallest absolute Gasteiger partial charge is 0.0358 e. The molecule has 0 saturated heterocycles. The molecule has 0 aromatic rings. The fraction of sp³-hybridized carbons (Fsp3) is 1.00. The van der Waals surface area contributed by atoms with Gasteiger partial charge in [0.1, 0.15) is 0 Å². The van der Waals surface area contributed by atoms with Crippen LogP contribution in [0, 0.1) is 35.5 Å². The summed E-state index contributed by atoms with van der Waals surface area (Å²) < 4.78 is 0. The molecule has 0 heteroatoms. The standard InChI is InChI=1S/C22H42/c1-5-18-9-7-10-19(14-13-18)15-16-22(17(3)4)21(6-2)20-11-8-12-20/h17-22H,5-16H2,1-4H3. The highest BCUT2D eigenvalue weighted by Gasteiger charge is 2.33. The molecule has 0 radical (unpaired) electrons. The van der Waals surface area contributed by atoms with Crippen molar-refractivity contribution in [3.63, 3.8) is 0 Å². The molecule has 4 unspecified atom stereocenters. The Bertz CT molecular complexity index is 288. The van der Waals surface area contributed by atoms with Gasteiger partial charge in [0.2, 0.25) is 0 Å². The molecule has 0 N–H and O–H groups in total. The van der Waals surface area contributed by atoms with E-state index in [0.717, 1.165) is 35.5 Å². The minimum atomic E-state index is 0.889. The average molecular weight is 307 g/mol. The Morgan fingerprint density at radius 2 is 1.45 bits per heavy atom. The molecule has 2 fully saturated rings. The Morgan fingerprint density at radius 1 is 0.818 bits per heavy atom. The third-order valence-electron chi connectivity index (χ3n) is 7.33. The molecular weight excluding hydrogens is 264 g/mol. The highest BCUT2D eigenvalue weighted by atomic mass is 14.4. The molecular formula is C22H42. The molecule has 0 nitrogen and oxygen atoms in total. The van der Waals surface area contributed by atoms with Crippen LogP contribution >= 0.6 is 0 Å². The molecule has 0 heterocycles. The summed E-state index contributed by atoms with van der Waals surface area (Å²) in [6.07, 6.45) is 18.1. The maximum atomic E-state index is 2.49. The van der Waals surface area contributed by atoms with Crippen LogP contribution in [0.2, 0.25) is 0 Å². The van der Waals surface area contributed by atoms with Crippen molar-refractivity contribution in [2.45, 2.75) is 105 Å². The maximum absolute atomic E-state index is 2.49. The average Bonchev–Trinajstić information content (AvgIpc) is 2.69. The SMILES string of the molecule is CCC1CCCC(CCC(C(C)C)C(CC)C2CCC2)CC1. The highest BCUT2D eigenvalue weighted by molar-refractivity contribution is 4.84. The summed E-state index contributed by atoms with van der Waals surface area (Å²) in [5.41, 5.74) is 0. The van der Waals surface area contributed by atoms with Gasteiger partial charge < -0.3 is 0 Å². The second kappa shape index (κ2) is 9.33. The van der Waals surface area contributed by atoms with Gasteiger partial charge in [0.05, 0.1) is 0 Å². The van der Waals surface area contributed by atoms with E-state index in [1.807, 2.05) is 0 Å². The Balaban J connectivity index is 1.83. The molecule has 2 rings (SSSR count). The molecule has 2 saturated carbocycles. The van der Waals surface area contributed by atoms with Gasteiger partial charge in [0.25, 0.3) is 0 Å². The van der Waals surface area contributed by atoms with Crippen LogP contribution in [0.3, 0.4) is 0 Å². The molecule has 4 atom stereocenters. The van der Waals surface area contributed by atoms with Crippen molar-refractivity contribution in [3.05, 3.63) is 0 Å². The van der Waals surface area contributed by atoms with E-state index in [0.29, 0.717) is 0 Å². The fourth-order valence-electron chi connectivity index (χ4n) is 5.48. The first-order valence-electron chi connectivity index (χ1n) is 10.7. The Morgan fingerprint density at radius 3 is 2.00 bits per heavy atom. The summed E-state index contributed by atoms with van der Waals surface area (Å²) in [4.78, 5) is 0. The molecule has 0 aromatic heterocycles. The van der Waals surface area contributed by atoms with Gasteiger partial charge in [0.15, 0.2) is 0 Å². The van der Waals surface area contributed by atoms with E-state index in [9.17, 15) is 0 Å². The molecule has 2 aliphatic rings. The van der Waals surface area contributed by atoms with E-state index in [2.05, 4.69) is 27.7 Å². The normalized spacial score (nSPS) is 29.9. The Hall–Kier alpha value is 0. The lowest BCUT2D eigenvalue weighted by Gasteiger charge is -2.40. The minimum Gasteiger partial charge on any atom is -0.0651 e. The van der Waals surface area contributed by atoms with E-state index in [4.69, 9.17) is 0 Å². The summed E-state index contributed by atoms with van der Waals surface area (Å²) >= 11 is 0. The van der Waals surface area contributed by atoms with Gasteiger partial charge in [-0.05, 0) is 41.9 Å². The molecule has 130 valence electrons. The molecule has 22 heavy (non-hydrogen) atoms. The summed E-state index contributed by atoms with van der Waals surface area (Å²) in [5, 5.41) is 0. The van der Waals surface area contributed by atoms with Gasteiger partial charge in [-0.15, -0.1) is 0 Å². The lowest BCUT2D eigenvalue weighted by Crippen LogP contribution is -2.31. The third-order valence-corrected chi connectivity index (χ3v) is 7.33. The van der Waals surface area contributed by atoms with Crippen molar-refractivity contribution in [1.29, 1.82) is 0 Å². The Labute approximate surface area is 140 Å². The quantitative estimate of drug-likeness (QED) is 0.408. The first kappa shape index (κ1) is 18.3. The van der Waals surface area contributed by atoms with Crippen molar-refractivity contribution < 1.29 is 0 Å². The zero-order valence-electron chi connectivity index (χ0n) is 15.9. The van der Waals surface area contributed by atoms with Crippen LogP contribution in [0.5, 0.6) is 0 Å². The van der Waals surface area contributed by atoms with Crippen molar-refractivity contribution in [2.75, 3.05) is 0 Å². The molecule has 2 aliphatic carbocycles. The van der Waals surface area contributed by atoms with Crippen LogP contribution in [0.15, 0.2) is 0 Å². The van der Waals surface area contributed by atoms with Crippen molar-refractivity contribution in [2.24, 2.45) is 35.5 Å². The zero-order chi connectivity index (χ0) is 15.9. The van der Waals surface area contributed by atoms with Gasteiger partial charge in [0, 0.05) is 0 Å². The van der Waals surface area contributed by atoms with E-state index in [1.165, 1.54) is 77.0 Å². The van der Waals surface area contributed by atoms with Gasteiger partial charge in [-0.3, -0.25) is 0 Å². The predicted octanol–water partition coefficient (Wildman–Crippen LogP) is 7.47. The van der Waals surface area contributed by atoms with Gasteiger partial charge in [-0.2, -0.15) is 0 Å². The topological polar surface area (TPSA) is 0 Å². The Kier molecular flexibility index (Phi) is 7.78. The van der Waals surface area contributed by atoms with Crippen LogP contribution in [0.1, 0.15) is 105 Å². The zero-order valence-corrected chi connectivity index (χ0v) is 15.9. The fourth-order valence-corrected chi connectivity index (χ4v) is 5.48. The third kappa shape index (κ3) is 5.00. The number of hydrogen-bond acceptors (Lipinski definition) is 0. The molecule has 0 bridgehead atoms. The first-order chi connectivity index (χ1) is 10.7. The lowest BCUT2D eigenvalue weighted by molar-refractivity contribution is 0.0979. The van der Waals surface area contributed by atoms with Crippen molar-refractivity contribution >= 4 is 0 Å². The van der Waals surface area contributed by atoms with Crippen molar-refractivity contribution in [1.82, 2.24) is 0 Å². The van der Waals surface area contributed by atoms with Gasteiger partial charge >= 0.3 is 0 Å². The molecule has 0 aromatic carbocycles. The lowest BCUT2D eigenvalue weighted by atomic mass is 9.65. The maximum Gasteiger partial charge on any atom is -0.0358 e. The van der Waals surface area contributed by atoms with Crippen LogP contribution < -0.4 is 0 Å². The van der Waals surface area contributed by atoms with E-state index >= 15 is 0 Å². The van der Waals surface area contributed by atoms with Crippen LogP contribution in [-0.2, 0) is 0 Å². The predicted molar refractivity (Wildman–Crippen MR) is 99.0 cm³/mol. The first-order valence-corrected chi connectivity index (χ1v) is 10.7. The van der Waals surface area contributed by atoms with Crippen molar-refractivity contribution in [3.8, 4) is 0 Å².